The molecule has 4 aromatic carbocycles. The highest BCUT2D eigenvalue weighted by Crippen LogP contribution is 2.27. The predicted octanol–water partition coefficient (Wildman–Crippen LogP) is 5.86. The standard InChI is InChI=1S/C28H25BrN2O3S/c1-21-10-8-13-23(18-21)28(22-11-4-2-5-12-22)30-27(32)20-31(25-15-9-14-24(29)19-25)35(33,34)26-16-6-3-7-17-26/h2-19,28H,20H2,1H3,(H,30,32). The molecule has 7 heteroatoms. The minimum absolute atomic E-state index is 0.117. The first kappa shape index (κ1) is 24.7. The number of nitrogens with one attached hydrogen (secondary N) is 1. The van der Waals surface area contributed by atoms with Crippen LogP contribution in [0.1, 0.15) is 22.7 Å². The van der Waals surface area contributed by atoms with Crippen molar-refractivity contribution < 1.29 is 13.2 Å². The Bertz CT molecular complexity index is 1410. The van der Waals surface area contributed by atoms with Gasteiger partial charge in [-0.1, -0.05) is 100 Å². The van der Waals surface area contributed by atoms with Gasteiger partial charge in [0.25, 0.3) is 10.0 Å². The van der Waals surface area contributed by atoms with Crippen LogP contribution in [0.15, 0.2) is 119 Å². The first-order chi connectivity index (χ1) is 16.8. The highest BCUT2D eigenvalue weighted by Gasteiger charge is 2.28. The Kier molecular flexibility index (Phi) is 7.68. The van der Waals surface area contributed by atoms with E-state index in [1.807, 2.05) is 61.5 Å². The fourth-order valence-corrected chi connectivity index (χ4v) is 5.68. The summed E-state index contributed by atoms with van der Waals surface area (Å²) in [5.41, 5.74) is 3.29. The van der Waals surface area contributed by atoms with Gasteiger partial charge in [-0.2, -0.15) is 0 Å². The van der Waals surface area contributed by atoms with Crippen LogP contribution in [0.3, 0.4) is 0 Å². The molecule has 0 aliphatic carbocycles. The number of sulfonamides is 1. The number of halogens is 1. The second-order valence-corrected chi connectivity index (χ2v) is 10.9. The summed E-state index contributed by atoms with van der Waals surface area (Å²) in [6, 6.07) is 32.2. The third-order valence-corrected chi connectivity index (χ3v) is 7.81. The molecule has 0 fully saturated rings. The van der Waals surface area contributed by atoms with Crippen molar-refractivity contribution in [2.24, 2.45) is 0 Å². The van der Waals surface area contributed by atoms with Crippen molar-refractivity contribution in [3.63, 3.8) is 0 Å². The van der Waals surface area contributed by atoms with Crippen molar-refractivity contribution in [1.82, 2.24) is 5.32 Å². The van der Waals surface area contributed by atoms with Crippen LogP contribution >= 0.6 is 15.9 Å². The minimum atomic E-state index is -3.99. The Morgan fingerprint density at radius 2 is 1.46 bits per heavy atom. The summed E-state index contributed by atoms with van der Waals surface area (Å²) in [5.74, 6) is -0.417. The molecule has 1 N–H and O–H groups in total. The molecular weight excluding hydrogens is 524 g/mol. The Balaban J connectivity index is 1.69. The number of carbonyl (C=O) groups is 1. The van der Waals surface area contributed by atoms with E-state index in [9.17, 15) is 13.2 Å². The van der Waals surface area contributed by atoms with Gasteiger partial charge in [0.15, 0.2) is 0 Å². The fraction of sp³-hybridized carbons (Fsp3) is 0.107. The molecule has 0 spiro atoms. The second-order valence-electron chi connectivity index (χ2n) is 8.13. The Hall–Kier alpha value is -3.42. The van der Waals surface area contributed by atoms with Crippen molar-refractivity contribution in [3.8, 4) is 0 Å². The molecule has 0 radical (unpaired) electrons. The highest BCUT2D eigenvalue weighted by molar-refractivity contribution is 9.10. The summed E-state index contributed by atoms with van der Waals surface area (Å²) in [4.78, 5) is 13.5. The normalized spacial score (nSPS) is 12.1. The lowest BCUT2D eigenvalue weighted by Gasteiger charge is -2.26. The lowest BCUT2D eigenvalue weighted by atomic mass is 9.97. The van der Waals surface area contributed by atoms with Gasteiger partial charge in [0, 0.05) is 4.47 Å². The molecule has 178 valence electrons. The van der Waals surface area contributed by atoms with Crippen molar-refractivity contribution in [1.29, 1.82) is 0 Å². The summed E-state index contributed by atoms with van der Waals surface area (Å²) in [6.07, 6.45) is 0. The lowest BCUT2D eigenvalue weighted by Crippen LogP contribution is -2.42. The predicted molar refractivity (Wildman–Crippen MR) is 143 cm³/mol. The number of benzene rings is 4. The van der Waals surface area contributed by atoms with E-state index in [4.69, 9.17) is 0 Å². The zero-order chi connectivity index (χ0) is 24.8. The molecule has 4 rings (SSSR count). The van der Waals surface area contributed by atoms with Gasteiger partial charge in [-0.25, -0.2) is 8.42 Å². The molecule has 0 aliphatic heterocycles. The van der Waals surface area contributed by atoms with Crippen LogP contribution in [0.25, 0.3) is 0 Å². The molecule has 0 aliphatic rings. The SMILES string of the molecule is Cc1cccc(C(NC(=O)CN(c2cccc(Br)c2)S(=O)(=O)c2ccccc2)c2ccccc2)c1. The summed E-state index contributed by atoms with van der Waals surface area (Å²) in [7, 11) is -3.99. The molecular formula is C28H25BrN2O3S. The molecule has 0 aromatic heterocycles. The summed E-state index contributed by atoms with van der Waals surface area (Å²) in [6.45, 7) is 1.62. The second kappa shape index (κ2) is 10.9. The zero-order valence-corrected chi connectivity index (χ0v) is 21.5. The van der Waals surface area contributed by atoms with Crippen molar-refractivity contribution in [3.05, 3.63) is 130 Å². The lowest BCUT2D eigenvalue weighted by molar-refractivity contribution is -0.120. The quantitative estimate of drug-likeness (QED) is 0.300. The molecule has 1 atom stereocenters. The molecule has 4 aromatic rings. The van der Waals surface area contributed by atoms with Gasteiger partial charge in [0.05, 0.1) is 16.6 Å². The largest absolute Gasteiger partial charge is 0.344 e. The first-order valence-electron chi connectivity index (χ1n) is 11.1. The maximum Gasteiger partial charge on any atom is 0.264 e. The fourth-order valence-electron chi connectivity index (χ4n) is 3.86. The van der Waals surface area contributed by atoms with Crippen LogP contribution in [0.4, 0.5) is 5.69 Å². The number of anilines is 1. The van der Waals surface area contributed by atoms with Crippen LogP contribution in [-0.4, -0.2) is 20.9 Å². The Labute approximate surface area is 214 Å². The summed E-state index contributed by atoms with van der Waals surface area (Å²) >= 11 is 3.41. The number of nitrogens with zero attached hydrogens (tertiary/aromatic N) is 1. The number of amides is 1. The maximum absolute atomic E-state index is 13.6. The highest BCUT2D eigenvalue weighted by atomic mass is 79.9. The number of hydrogen-bond donors (Lipinski definition) is 1. The molecule has 5 nitrogen and oxygen atoms in total. The zero-order valence-electron chi connectivity index (χ0n) is 19.1. The molecule has 0 saturated heterocycles. The molecule has 1 amide bonds. The van der Waals surface area contributed by atoms with Gasteiger partial charge in [-0.15, -0.1) is 0 Å². The van der Waals surface area contributed by atoms with E-state index in [0.717, 1.165) is 21.0 Å². The van der Waals surface area contributed by atoms with Gasteiger partial charge < -0.3 is 5.32 Å². The van der Waals surface area contributed by atoms with Crippen molar-refractivity contribution >= 4 is 37.5 Å². The smallest absolute Gasteiger partial charge is 0.264 e. The topological polar surface area (TPSA) is 66.5 Å². The number of carbonyl (C=O) groups excluding carboxylic acids is 1. The number of rotatable bonds is 8. The van der Waals surface area contributed by atoms with E-state index in [-0.39, 0.29) is 11.4 Å². The van der Waals surface area contributed by atoms with Crippen LogP contribution < -0.4 is 9.62 Å². The third kappa shape index (κ3) is 5.99. The van der Waals surface area contributed by atoms with Crippen LogP contribution in [0.2, 0.25) is 0 Å². The van der Waals surface area contributed by atoms with Crippen molar-refractivity contribution in [2.45, 2.75) is 17.9 Å². The number of hydrogen-bond acceptors (Lipinski definition) is 3. The van der Waals surface area contributed by atoms with E-state index in [1.165, 1.54) is 12.1 Å². The van der Waals surface area contributed by atoms with E-state index < -0.39 is 22.0 Å². The van der Waals surface area contributed by atoms with E-state index in [0.29, 0.717) is 10.2 Å². The maximum atomic E-state index is 13.6. The molecule has 35 heavy (non-hydrogen) atoms. The van der Waals surface area contributed by atoms with Gasteiger partial charge in [-0.3, -0.25) is 9.10 Å². The number of aryl methyl sites for hydroxylation is 1. The molecule has 1 unspecified atom stereocenters. The average molecular weight is 549 g/mol. The Morgan fingerprint density at radius 3 is 2.11 bits per heavy atom. The Morgan fingerprint density at radius 1 is 0.829 bits per heavy atom. The monoisotopic (exact) mass is 548 g/mol. The molecule has 0 bridgehead atoms. The third-order valence-electron chi connectivity index (χ3n) is 5.53. The summed E-state index contributed by atoms with van der Waals surface area (Å²) in [5, 5.41) is 3.06. The van der Waals surface area contributed by atoms with Gasteiger partial charge in [-0.05, 0) is 48.4 Å². The summed E-state index contributed by atoms with van der Waals surface area (Å²) < 4.78 is 29.0. The van der Waals surface area contributed by atoms with E-state index in [2.05, 4.69) is 21.2 Å². The average Bonchev–Trinajstić information content (AvgIpc) is 2.87. The van der Waals surface area contributed by atoms with E-state index in [1.54, 1.807) is 42.5 Å². The van der Waals surface area contributed by atoms with Gasteiger partial charge >= 0.3 is 0 Å². The first-order valence-corrected chi connectivity index (χ1v) is 13.3. The van der Waals surface area contributed by atoms with Crippen LogP contribution in [0, 0.1) is 6.92 Å². The minimum Gasteiger partial charge on any atom is -0.344 e. The van der Waals surface area contributed by atoms with Gasteiger partial charge in [0.2, 0.25) is 5.91 Å². The molecule has 0 saturated carbocycles. The van der Waals surface area contributed by atoms with Crippen LogP contribution in [0.5, 0.6) is 0 Å². The molecule has 0 heterocycles. The van der Waals surface area contributed by atoms with Crippen LogP contribution in [-0.2, 0) is 14.8 Å². The van der Waals surface area contributed by atoms with Crippen molar-refractivity contribution in [2.75, 3.05) is 10.8 Å². The van der Waals surface area contributed by atoms with Gasteiger partial charge in [0.1, 0.15) is 6.54 Å². The van der Waals surface area contributed by atoms with E-state index >= 15 is 0 Å².